The summed E-state index contributed by atoms with van der Waals surface area (Å²) < 4.78 is 38.5. The number of amides is 1. The molecule has 0 N–H and O–H groups in total. The number of rotatable bonds is 3. The van der Waals surface area contributed by atoms with Crippen LogP contribution >= 0.6 is 11.8 Å². The van der Waals surface area contributed by atoms with Crippen molar-refractivity contribution in [3.05, 3.63) is 65.4 Å². The number of halogens is 2. The lowest BCUT2D eigenvalue weighted by molar-refractivity contribution is 0.0737. The summed E-state index contributed by atoms with van der Waals surface area (Å²) >= 11 is 1.54. The molecular formula is C21H19F2NO3S. The fourth-order valence-electron chi connectivity index (χ4n) is 3.39. The molecule has 0 bridgehead atoms. The Balaban J connectivity index is 1.51. The highest BCUT2D eigenvalue weighted by Crippen LogP contribution is 2.36. The molecule has 1 aliphatic heterocycles. The van der Waals surface area contributed by atoms with Crippen molar-refractivity contribution in [2.24, 2.45) is 0 Å². The van der Waals surface area contributed by atoms with Crippen LogP contribution in [0.15, 0.2) is 46.9 Å². The molecule has 146 valence electrons. The molecular weight excluding hydrogens is 384 g/mol. The van der Waals surface area contributed by atoms with Gasteiger partial charge in [-0.15, -0.1) is 0 Å². The van der Waals surface area contributed by atoms with E-state index in [1.54, 1.807) is 30.2 Å². The molecule has 1 aromatic heterocycles. The van der Waals surface area contributed by atoms with Crippen LogP contribution in [0.2, 0.25) is 0 Å². The van der Waals surface area contributed by atoms with Crippen molar-refractivity contribution in [3.63, 3.8) is 0 Å². The van der Waals surface area contributed by atoms with E-state index in [0.29, 0.717) is 42.2 Å². The molecule has 2 heterocycles. The minimum atomic E-state index is -0.452. The summed E-state index contributed by atoms with van der Waals surface area (Å²) in [5.41, 5.74) is 0.975. The lowest BCUT2D eigenvalue weighted by Gasteiger charge is -2.19. The fourth-order valence-corrected chi connectivity index (χ4v) is 4.64. The first-order chi connectivity index (χ1) is 13.5. The molecule has 28 heavy (non-hydrogen) atoms. The second-order valence-corrected chi connectivity index (χ2v) is 7.93. The summed E-state index contributed by atoms with van der Waals surface area (Å²) in [5.74, 6) is 0.537. The molecule has 4 rings (SSSR count). The van der Waals surface area contributed by atoms with E-state index >= 15 is 0 Å². The quantitative estimate of drug-likeness (QED) is 0.615. The van der Waals surface area contributed by atoms with Gasteiger partial charge < -0.3 is 14.1 Å². The lowest BCUT2D eigenvalue weighted by Crippen LogP contribution is -2.32. The minimum absolute atomic E-state index is 0.187. The molecule has 3 aromatic rings. The summed E-state index contributed by atoms with van der Waals surface area (Å²) in [4.78, 5) is 14.6. The predicted molar refractivity (Wildman–Crippen MR) is 105 cm³/mol. The fraction of sp³-hybridized carbons (Fsp3) is 0.286. The van der Waals surface area contributed by atoms with Crippen molar-refractivity contribution in [3.8, 4) is 5.75 Å². The molecule has 1 unspecified atom stereocenters. The normalized spacial score (nSPS) is 17.5. The topological polar surface area (TPSA) is 42.7 Å². The van der Waals surface area contributed by atoms with Gasteiger partial charge >= 0.3 is 0 Å². The first-order valence-corrected chi connectivity index (χ1v) is 10.0. The number of furan rings is 1. The molecule has 1 atom stereocenters. The van der Waals surface area contributed by atoms with Crippen LogP contribution in [0.4, 0.5) is 8.78 Å². The molecule has 7 heteroatoms. The monoisotopic (exact) mass is 403 g/mol. The average Bonchev–Trinajstić information content (AvgIpc) is 2.98. The number of nitrogens with zero attached hydrogens (tertiary/aromatic N) is 1. The highest BCUT2D eigenvalue weighted by atomic mass is 32.2. The molecule has 1 amide bonds. The van der Waals surface area contributed by atoms with E-state index in [1.807, 2.05) is 6.07 Å². The summed E-state index contributed by atoms with van der Waals surface area (Å²) in [6, 6.07) is 10.6. The number of fused-ring (bicyclic) bond motifs is 1. The number of hydrogen-bond donors (Lipinski definition) is 0. The van der Waals surface area contributed by atoms with E-state index < -0.39 is 11.6 Å². The predicted octanol–water partition coefficient (Wildman–Crippen LogP) is 5.04. The van der Waals surface area contributed by atoms with E-state index in [9.17, 15) is 13.6 Å². The molecule has 0 radical (unpaired) electrons. The zero-order valence-electron chi connectivity index (χ0n) is 15.3. The summed E-state index contributed by atoms with van der Waals surface area (Å²) in [6.07, 6.45) is 0.546. The Labute approximate surface area is 165 Å². The van der Waals surface area contributed by atoms with Gasteiger partial charge in [0.25, 0.3) is 5.91 Å². The molecule has 1 aliphatic rings. The van der Waals surface area contributed by atoms with Crippen molar-refractivity contribution in [1.82, 2.24) is 4.90 Å². The summed E-state index contributed by atoms with van der Waals surface area (Å²) in [7, 11) is 1.58. The smallest absolute Gasteiger partial charge is 0.289 e. The lowest BCUT2D eigenvalue weighted by atomic mass is 10.1. The number of methoxy groups -OCH3 is 1. The minimum Gasteiger partial charge on any atom is -0.497 e. The molecule has 4 nitrogen and oxygen atoms in total. The largest absolute Gasteiger partial charge is 0.497 e. The Morgan fingerprint density at radius 2 is 2.04 bits per heavy atom. The standard InChI is InChI=1S/C21H19F2NO3S/c1-26-15-3-5-18-13(10-15)11-19(27-18)21(25)24-7-6-20(28-9-8-24)16-12-14(22)2-4-17(16)23/h2-5,10-12,20H,6-9H2,1H3. The molecule has 0 spiro atoms. The highest BCUT2D eigenvalue weighted by molar-refractivity contribution is 7.99. The molecule has 0 saturated carbocycles. The van der Waals surface area contributed by atoms with Crippen molar-refractivity contribution < 1.29 is 22.7 Å². The third kappa shape index (κ3) is 3.71. The third-order valence-corrected chi connectivity index (χ3v) is 6.18. The van der Waals surface area contributed by atoms with Gasteiger partial charge in [0.2, 0.25) is 0 Å². The average molecular weight is 403 g/mol. The number of carbonyl (C=O) groups excluding carboxylic acids is 1. The van der Waals surface area contributed by atoms with Crippen molar-refractivity contribution in [1.29, 1.82) is 0 Å². The van der Waals surface area contributed by atoms with Gasteiger partial charge in [0.1, 0.15) is 23.0 Å². The van der Waals surface area contributed by atoms with Gasteiger partial charge in [-0.1, -0.05) is 0 Å². The van der Waals surface area contributed by atoms with Gasteiger partial charge in [0.05, 0.1) is 7.11 Å². The zero-order valence-corrected chi connectivity index (χ0v) is 16.1. The van der Waals surface area contributed by atoms with E-state index in [2.05, 4.69) is 0 Å². The van der Waals surface area contributed by atoms with Crippen LogP contribution in [-0.2, 0) is 0 Å². The van der Waals surface area contributed by atoms with Gasteiger partial charge in [-0.2, -0.15) is 11.8 Å². The number of benzene rings is 2. The summed E-state index contributed by atoms with van der Waals surface area (Å²) in [5, 5.41) is 0.611. The van der Waals surface area contributed by atoms with Crippen molar-refractivity contribution >= 4 is 28.6 Å². The van der Waals surface area contributed by atoms with E-state index in [1.165, 1.54) is 17.8 Å². The number of thioether (sulfide) groups is 1. The summed E-state index contributed by atoms with van der Waals surface area (Å²) in [6.45, 7) is 0.976. The number of ether oxygens (including phenoxy) is 1. The molecule has 0 aliphatic carbocycles. The highest BCUT2D eigenvalue weighted by Gasteiger charge is 2.26. The van der Waals surface area contributed by atoms with Crippen LogP contribution < -0.4 is 4.74 Å². The number of hydrogen-bond acceptors (Lipinski definition) is 4. The Morgan fingerprint density at radius 3 is 2.86 bits per heavy atom. The maximum absolute atomic E-state index is 14.1. The molecule has 1 saturated heterocycles. The van der Waals surface area contributed by atoms with Gasteiger partial charge in [0, 0.05) is 35.0 Å². The van der Waals surface area contributed by atoms with E-state index in [0.717, 1.165) is 17.5 Å². The maximum Gasteiger partial charge on any atom is 0.289 e. The van der Waals surface area contributed by atoms with Crippen LogP contribution in [0, 0.1) is 11.6 Å². The second-order valence-electron chi connectivity index (χ2n) is 6.62. The van der Waals surface area contributed by atoms with Crippen molar-refractivity contribution in [2.45, 2.75) is 11.7 Å². The second kappa shape index (κ2) is 7.83. The van der Waals surface area contributed by atoms with Gasteiger partial charge in [-0.05, 0) is 48.9 Å². The zero-order chi connectivity index (χ0) is 19.7. The van der Waals surface area contributed by atoms with Crippen LogP contribution in [0.25, 0.3) is 11.0 Å². The van der Waals surface area contributed by atoms with Crippen LogP contribution in [-0.4, -0.2) is 36.8 Å². The Hall–Kier alpha value is -2.54. The SMILES string of the molecule is COc1ccc2oc(C(=O)N3CCSC(c4cc(F)ccc4F)CC3)cc2c1. The first-order valence-electron chi connectivity index (χ1n) is 8.98. The van der Waals surface area contributed by atoms with Gasteiger partial charge in [-0.3, -0.25) is 4.79 Å². The van der Waals surface area contributed by atoms with E-state index in [-0.39, 0.29) is 16.9 Å². The van der Waals surface area contributed by atoms with Gasteiger partial charge in [0.15, 0.2) is 5.76 Å². The van der Waals surface area contributed by atoms with E-state index in [4.69, 9.17) is 9.15 Å². The Morgan fingerprint density at radius 1 is 1.18 bits per heavy atom. The van der Waals surface area contributed by atoms with Crippen LogP contribution in [0.5, 0.6) is 5.75 Å². The number of carbonyl (C=O) groups is 1. The Bertz CT molecular complexity index is 1020. The van der Waals surface area contributed by atoms with Crippen LogP contribution in [0.1, 0.15) is 27.8 Å². The van der Waals surface area contributed by atoms with Crippen molar-refractivity contribution in [2.75, 3.05) is 26.0 Å². The molecule has 1 fully saturated rings. The van der Waals surface area contributed by atoms with Crippen LogP contribution in [0.3, 0.4) is 0 Å². The Kier molecular flexibility index (Phi) is 5.26. The third-order valence-electron chi connectivity index (χ3n) is 4.87. The van der Waals surface area contributed by atoms with Gasteiger partial charge in [-0.25, -0.2) is 8.78 Å². The first kappa shape index (κ1) is 18.8. The molecule has 2 aromatic carbocycles. The maximum atomic E-state index is 14.1.